The summed E-state index contributed by atoms with van der Waals surface area (Å²) in [5.74, 6) is -1.23. The molecular weight excluding hydrogens is 186 g/mol. The molecule has 1 rings (SSSR count). The van der Waals surface area contributed by atoms with E-state index in [2.05, 4.69) is 6.92 Å². The standard InChI is InChI=1S/C9H15NO4/c1-2-3-4-5-14-7-6-8(11)10(13)9(7)12/h7,13H,2-6H2,1H3. The largest absolute Gasteiger partial charge is 0.368 e. The third-order valence-electron chi connectivity index (χ3n) is 2.15. The van der Waals surface area contributed by atoms with Crippen LogP contribution < -0.4 is 0 Å². The third kappa shape index (κ3) is 2.52. The maximum atomic E-state index is 11.1. The number of amides is 2. The van der Waals surface area contributed by atoms with Crippen molar-refractivity contribution in [2.75, 3.05) is 6.61 Å². The van der Waals surface area contributed by atoms with Gasteiger partial charge in [0.1, 0.15) is 6.10 Å². The van der Waals surface area contributed by atoms with Crippen LogP contribution in [0.3, 0.4) is 0 Å². The van der Waals surface area contributed by atoms with E-state index in [-0.39, 0.29) is 11.5 Å². The second-order valence-corrected chi connectivity index (χ2v) is 3.31. The molecule has 1 saturated heterocycles. The van der Waals surface area contributed by atoms with E-state index in [1.54, 1.807) is 0 Å². The van der Waals surface area contributed by atoms with Crippen LogP contribution in [0.1, 0.15) is 32.6 Å². The fraction of sp³-hybridized carbons (Fsp3) is 0.778. The Labute approximate surface area is 82.6 Å². The Morgan fingerprint density at radius 1 is 1.50 bits per heavy atom. The first kappa shape index (κ1) is 11.1. The van der Waals surface area contributed by atoms with Crippen molar-refractivity contribution < 1.29 is 19.5 Å². The maximum Gasteiger partial charge on any atom is 0.282 e. The number of imide groups is 1. The number of hydroxylamine groups is 2. The number of unbranched alkanes of at least 4 members (excludes halogenated alkanes) is 2. The van der Waals surface area contributed by atoms with E-state index in [9.17, 15) is 9.59 Å². The van der Waals surface area contributed by atoms with Gasteiger partial charge < -0.3 is 4.74 Å². The topological polar surface area (TPSA) is 66.8 Å². The number of rotatable bonds is 5. The highest BCUT2D eigenvalue weighted by molar-refractivity contribution is 6.03. The Morgan fingerprint density at radius 3 is 2.71 bits per heavy atom. The van der Waals surface area contributed by atoms with Crippen molar-refractivity contribution in [1.82, 2.24) is 5.06 Å². The summed E-state index contributed by atoms with van der Waals surface area (Å²) in [7, 11) is 0. The summed E-state index contributed by atoms with van der Waals surface area (Å²) < 4.78 is 5.19. The lowest BCUT2D eigenvalue weighted by Crippen LogP contribution is -2.29. The Morgan fingerprint density at radius 2 is 2.21 bits per heavy atom. The lowest BCUT2D eigenvalue weighted by Gasteiger charge is -2.08. The molecule has 1 fully saturated rings. The average molecular weight is 201 g/mol. The molecule has 0 aromatic heterocycles. The number of nitrogens with zero attached hydrogens (tertiary/aromatic N) is 1. The molecule has 1 heterocycles. The highest BCUT2D eigenvalue weighted by Gasteiger charge is 2.38. The zero-order chi connectivity index (χ0) is 10.6. The van der Waals surface area contributed by atoms with E-state index in [1.165, 1.54) is 0 Å². The smallest absolute Gasteiger partial charge is 0.282 e. The SMILES string of the molecule is CCCCCOC1CC(=O)N(O)C1=O. The average Bonchev–Trinajstić information content (AvgIpc) is 2.41. The summed E-state index contributed by atoms with van der Waals surface area (Å²) in [6.45, 7) is 2.53. The van der Waals surface area contributed by atoms with Gasteiger partial charge in [-0.1, -0.05) is 19.8 Å². The van der Waals surface area contributed by atoms with Crippen LogP contribution in [-0.4, -0.2) is 34.8 Å². The van der Waals surface area contributed by atoms with Gasteiger partial charge in [-0.3, -0.25) is 14.8 Å². The van der Waals surface area contributed by atoms with Crippen molar-refractivity contribution in [3.63, 3.8) is 0 Å². The van der Waals surface area contributed by atoms with Crippen LogP contribution in [0, 0.1) is 0 Å². The van der Waals surface area contributed by atoms with Gasteiger partial charge in [-0.25, -0.2) is 0 Å². The van der Waals surface area contributed by atoms with Gasteiger partial charge in [-0.2, -0.15) is 5.06 Å². The predicted octanol–water partition coefficient (Wildman–Crippen LogP) is 0.710. The Balaban J connectivity index is 2.26. The molecule has 14 heavy (non-hydrogen) atoms. The fourth-order valence-electron chi connectivity index (χ4n) is 1.30. The summed E-state index contributed by atoms with van der Waals surface area (Å²) in [5, 5.41) is 9.04. The minimum Gasteiger partial charge on any atom is -0.368 e. The molecule has 5 heteroatoms. The molecule has 1 aliphatic rings. The molecule has 0 radical (unpaired) electrons. The summed E-state index contributed by atoms with van der Waals surface area (Å²) in [5.41, 5.74) is 0. The van der Waals surface area contributed by atoms with Gasteiger partial charge in [0.05, 0.1) is 6.42 Å². The van der Waals surface area contributed by atoms with Gasteiger partial charge in [0.2, 0.25) is 0 Å². The van der Waals surface area contributed by atoms with Crippen LogP contribution >= 0.6 is 0 Å². The first-order valence-corrected chi connectivity index (χ1v) is 4.84. The Kier molecular flexibility index (Phi) is 4.03. The van der Waals surface area contributed by atoms with Crippen LogP contribution in [0.15, 0.2) is 0 Å². The van der Waals surface area contributed by atoms with Crippen molar-refractivity contribution >= 4 is 11.8 Å². The van der Waals surface area contributed by atoms with Gasteiger partial charge >= 0.3 is 0 Å². The Hall–Kier alpha value is -0.940. The van der Waals surface area contributed by atoms with Crippen molar-refractivity contribution in [3.05, 3.63) is 0 Å². The number of carbonyl (C=O) groups is 2. The quantitative estimate of drug-likeness (QED) is 0.404. The summed E-state index contributed by atoms with van der Waals surface area (Å²) in [4.78, 5) is 22.0. The van der Waals surface area contributed by atoms with E-state index in [4.69, 9.17) is 9.94 Å². The van der Waals surface area contributed by atoms with Crippen molar-refractivity contribution in [1.29, 1.82) is 0 Å². The lowest BCUT2D eigenvalue weighted by atomic mass is 10.2. The molecule has 0 aliphatic carbocycles. The van der Waals surface area contributed by atoms with Crippen LogP contribution in [0.25, 0.3) is 0 Å². The summed E-state index contributed by atoms with van der Waals surface area (Å²) in [6, 6.07) is 0. The second-order valence-electron chi connectivity index (χ2n) is 3.31. The minimum absolute atomic E-state index is 0.0402. The van der Waals surface area contributed by atoms with Crippen molar-refractivity contribution in [3.8, 4) is 0 Å². The molecule has 1 atom stereocenters. The monoisotopic (exact) mass is 201 g/mol. The molecule has 2 amide bonds. The number of hydrogen-bond donors (Lipinski definition) is 1. The molecule has 0 aromatic carbocycles. The highest BCUT2D eigenvalue weighted by atomic mass is 16.5. The second kappa shape index (κ2) is 5.07. The summed E-state index contributed by atoms with van der Waals surface area (Å²) >= 11 is 0. The third-order valence-corrected chi connectivity index (χ3v) is 2.15. The fourth-order valence-corrected chi connectivity index (χ4v) is 1.30. The van der Waals surface area contributed by atoms with Gasteiger partial charge in [-0.05, 0) is 6.42 Å². The maximum absolute atomic E-state index is 11.1. The molecule has 5 nitrogen and oxygen atoms in total. The van der Waals surface area contributed by atoms with E-state index in [0.717, 1.165) is 19.3 Å². The number of ether oxygens (including phenoxy) is 1. The molecule has 0 aromatic rings. The first-order chi connectivity index (χ1) is 6.66. The minimum atomic E-state index is -0.774. The molecule has 1 unspecified atom stereocenters. The lowest BCUT2D eigenvalue weighted by molar-refractivity contribution is -0.174. The van der Waals surface area contributed by atoms with Crippen LogP contribution in [0.4, 0.5) is 0 Å². The van der Waals surface area contributed by atoms with Crippen LogP contribution in [-0.2, 0) is 14.3 Å². The molecule has 0 spiro atoms. The molecule has 0 bridgehead atoms. The van der Waals surface area contributed by atoms with E-state index in [1.807, 2.05) is 0 Å². The van der Waals surface area contributed by atoms with Gasteiger partial charge in [0.15, 0.2) is 0 Å². The number of hydrogen-bond acceptors (Lipinski definition) is 4. The first-order valence-electron chi connectivity index (χ1n) is 4.84. The normalized spacial score (nSPS) is 22.1. The highest BCUT2D eigenvalue weighted by Crippen LogP contribution is 2.14. The van der Waals surface area contributed by atoms with Gasteiger partial charge in [0.25, 0.3) is 11.8 Å². The van der Waals surface area contributed by atoms with Crippen LogP contribution in [0.2, 0.25) is 0 Å². The van der Waals surface area contributed by atoms with Crippen molar-refractivity contribution in [2.45, 2.75) is 38.7 Å². The van der Waals surface area contributed by atoms with Crippen LogP contribution in [0.5, 0.6) is 0 Å². The van der Waals surface area contributed by atoms with E-state index >= 15 is 0 Å². The zero-order valence-electron chi connectivity index (χ0n) is 8.23. The van der Waals surface area contributed by atoms with Gasteiger partial charge in [0, 0.05) is 6.61 Å². The zero-order valence-corrected chi connectivity index (χ0v) is 8.23. The molecule has 1 N–H and O–H groups in total. The Bertz CT molecular complexity index is 229. The summed E-state index contributed by atoms with van der Waals surface area (Å²) in [6.07, 6.45) is 2.18. The molecule has 1 aliphatic heterocycles. The van der Waals surface area contributed by atoms with E-state index < -0.39 is 17.9 Å². The van der Waals surface area contributed by atoms with Crippen molar-refractivity contribution in [2.24, 2.45) is 0 Å². The predicted molar refractivity (Wildman–Crippen MR) is 47.5 cm³/mol. The molecule has 80 valence electrons. The number of carbonyl (C=O) groups excluding carboxylic acids is 2. The molecule has 0 saturated carbocycles. The van der Waals surface area contributed by atoms with E-state index in [0.29, 0.717) is 6.61 Å². The van der Waals surface area contributed by atoms with Gasteiger partial charge in [-0.15, -0.1) is 0 Å². The molecular formula is C9H15NO4.